The van der Waals surface area contributed by atoms with Crippen LogP contribution in [-0.2, 0) is 20.9 Å². The highest BCUT2D eigenvalue weighted by Gasteiger charge is 2.26. The van der Waals surface area contributed by atoms with E-state index in [2.05, 4.69) is 15.6 Å². The van der Waals surface area contributed by atoms with Crippen molar-refractivity contribution in [2.24, 2.45) is 5.92 Å². The Hall–Kier alpha value is -1.51. The molecular weight excluding hydrogens is 340 g/mol. The average molecular weight is 369 g/mol. The number of hydrogen-bond acceptors (Lipinski definition) is 6. The molecule has 1 aliphatic heterocycles. The van der Waals surface area contributed by atoms with Crippen molar-refractivity contribution in [2.75, 3.05) is 33.9 Å². The van der Waals surface area contributed by atoms with Crippen LogP contribution in [0.3, 0.4) is 0 Å². The SMILES string of the molecule is COCCNC(=O)[C@@H]1CCC[C@@H](NCc2nccs2)CN(C)C(=O)C1. The fourth-order valence-electron chi connectivity index (χ4n) is 2.99. The van der Waals surface area contributed by atoms with Crippen LogP contribution < -0.4 is 10.6 Å². The van der Waals surface area contributed by atoms with Crippen LogP contribution >= 0.6 is 11.3 Å². The summed E-state index contributed by atoms with van der Waals surface area (Å²) in [7, 11) is 3.41. The molecule has 25 heavy (non-hydrogen) atoms. The second-order valence-electron chi connectivity index (χ2n) is 6.39. The molecule has 0 aromatic carbocycles. The Bertz CT molecular complexity index is 538. The zero-order valence-corrected chi connectivity index (χ0v) is 15.8. The van der Waals surface area contributed by atoms with Gasteiger partial charge in [0.25, 0.3) is 0 Å². The second-order valence-corrected chi connectivity index (χ2v) is 7.37. The normalized spacial score (nSPS) is 22.2. The van der Waals surface area contributed by atoms with E-state index < -0.39 is 0 Å². The molecule has 0 bridgehead atoms. The number of nitrogens with zero attached hydrogens (tertiary/aromatic N) is 2. The molecule has 7 nitrogen and oxygen atoms in total. The van der Waals surface area contributed by atoms with Crippen LogP contribution in [0.4, 0.5) is 0 Å². The molecule has 1 fully saturated rings. The minimum absolute atomic E-state index is 0.0230. The summed E-state index contributed by atoms with van der Waals surface area (Å²) >= 11 is 1.62. The summed E-state index contributed by atoms with van der Waals surface area (Å²) in [6.07, 6.45) is 4.65. The molecule has 2 rings (SSSR count). The van der Waals surface area contributed by atoms with E-state index in [1.807, 2.05) is 12.4 Å². The monoisotopic (exact) mass is 368 g/mol. The highest BCUT2D eigenvalue weighted by Crippen LogP contribution is 2.19. The summed E-state index contributed by atoms with van der Waals surface area (Å²) < 4.78 is 4.95. The largest absolute Gasteiger partial charge is 0.383 e. The summed E-state index contributed by atoms with van der Waals surface area (Å²) in [6, 6.07) is 0.216. The number of carbonyl (C=O) groups excluding carboxylic acids is 2. The molecule has 0 unspecified atom stereocenters. The van der Waals surface area contributed by atoms with Gasteiger partial charge in [-0.25, -0.2) is 4.98 Å². The lowest BCUT2D eigenvalue weighted by Crippen LogP contribution is -2.42. The van der Waals surface area contributed by atoms with Gasteiger partial charge in [0.2, 0.25) is 11.8 Å². The fourth-order valence-corrected chi connectivity index (χ4v) is 3.55. The van der Waals surface area contributed by atoms with Gasteiger partial charge in [0.15, 0.2) is 0 Å². The highest BCUT2D eigenvalue weighted by atomic mass is 32.1. The van der Waals surface area contributed by atoms with Gasteiger partial charge in [-0.2, -0.15) is 0 Å². The zero-order valence-electron chi connectivity index (χ0n) is 15.0. The van der Waals surface area contributed by atoms with E-state index in [0.717, 1.165) is 24.3 Å². The maximum absolute atomic E-state index is 12.4. The number of likely N-dealkylation sites (N-methyl/N-ethyl adjacent to an activating group) is 1. The average Bonchev–Trinajstić information content (AvgIpc) is 3.12. The van der Waals surface area contributed by atoms with Gasteiger partial charge >= 0.3 is 0 Å². The molecule has 0 spiro atoms. The fraction of sp³-hybridized carbons (Fsp3) is 0.706. The second kappa shape index (κ2) is 10.5. The lowest BCUT2D eigenvalue weighted by Gasteiger charge is -2.24. The number of aromatic nitrogens is 1. The van der Waals surface area contributed by atoms with E-state index in [1.54, 1.807) is 29.5 Å². The minimum Gasteiger partial charge on any atom is -0.383 e. The maximum atomic E-state index is 12.4. The number of thiazole rings is 1. The van der Waals surface area contributed by atoms with Gasteiger partial charge in [-0.15, -0.1) is 11.3 Å². The van der Waals surface area contributed by atoms with Crippen molar-refractivity contribution in [1.82, 2.24) is 20.5 Å². The number of nitrogens with one attached hydrogen (secondary N) is 2. The maximum Gasteiger partial charge on any atom is 0.223 e. The van der Waals surface area contributed by atoms with Crippen molar-refractivity contribution in [1.29, 1.82) is 0 Å². The standard InChI is InChI=1S/C17H28N4O3S/c1-21-12-14(20-11-15-18-7-9-25-15)5-3-4-13(10-16(21)22)17(23)19-6-8-24-2/h7,9,13-14,20H,3-6,8,10-12H2,1-2H3,(H,19,23)/t13-,14-/m1/s1. The van der Waals surface area contributed by atoms with Crippen LogP contribution in [0.25, 0.3) is 0 Å². The van der Waals surface area contributed by atoms with Gasteiger partial charge in [0, 0.05) is 63.7 Å². The van der Waals surface area contributed by atoms with Crippen molar-refractivity contribution in [3.8, 4) is 0 Å². The van der Waals surface area contributed by atoms with Crippen LogP contribution in [0, 0.1) is 5.92 Å². The van der Waals surface area contributed by atoms with Crippen LogP contribution in [0.15, 0.2) is 11.6 Å². The zero-order chi connectivity index (χ0) is 18.1. The molecule has 0 aliphatic carbocycles. The van der Waals surface area contributed by atoms with Crippen molar-refractivity contribution in [3.63, 3.8) is 0 Å². The molecule has 0 saturated carbocycles. The lowest BCUT2D eigenvalue weighted by molar-refractivity contribution is -0.135. The molecule has 1 aromatic rings. The molecule has 1 saturated heterocycles. The third-order valence-corrected chi connectivity index (χ3v) is 5.23. The predicted octanol–water partition coefficient (Wildman–Crippen LogP) is 1.01. The first kappa shape index (κ1) is 19.8. The van der Waals surface area contributed by atoms with Crippen molar-refractivity contribution in [2.45, 2.75) is 38.3 Å². The molecule has 1 aromatic heterocycles. The molecule has 1 aliphatic rings. The number of amides is 2. The Labute approximate surface area is 153 Å². The van der Waals surface area contributed by atoms with Gasteiger partial charge in [-0.3, -0.25) is 9.59 Å². The molecule has 140 valence electrons. The third kappa shape index (κ3) is 6.72. The summed E-state index contributed by atoms with van der Waals surface area (Å²) in [5.41, 5.74) is 0. The first-order valence-corrected chi connectivity index (χ1v) is 9.60. The number of ether oxygens (including phenoxy) is 1. The van der Waals surface area contributed by atoms with E-state index >= 15 is 0 Å². The van der Waals surface area contributed by atoms with Crippen molar-refractivity contribution < 1.29 is 14.3 Å². The van der Waals surface area contributed by atoms with E-state index in [4.69, 9.17) is 4.74 Å². The Morgan fingerprint density at radius 3 is 3.04 bits per heavy atom. The number of rotatable bonds is 7. The Kier molecular flexibility index (Phi) is 8.30. The van der Waals surface area contributed by atoms with Gasteiger partial charge in [0.05, 0.1) is 6.61 Å². The van der Waals surface area contributed by atoms with Gasteiger partial charge in [-0.1, -0.05) is 6.42 Å². The highest BCUT2D eigenvalue weighted by molar-refractivity contribution is 7.09. The quantitative estimate of drug-likeness (QED) is 0.702. The van der Waals surface area contributed by atoms with E-state index in [1.165, 1.54) is 0 Å². The first-order valence-electron chi connectivity index (χ1n) is 8.72. The Balaban J connectivity index is 1.88. The Morgan fingerprint density at radius 2 is 2.32 bits per heavy atom. The van der Waals surface area contributed by atoms with Crippen LogP contribution in [-0.4, -0.2) is 61.6 Å². The molecule has 2 atom stereocenters. The summed E-state index contributed by atoms with van der Waals surface area (Å²) in [5.74, 6) is -0.285. The van der Waals surface area contributed by atoms with Crippen molar-refractivity contribution in [3.05, 3.63) is 16.6 Å². The molecule has 2 heterocycles. The molecule has 2 amide bonds. The van der Waals surface area contributed by atoms with Gasteiger partial charge in [-0.05, 0) is 12.8 Å². The molecule has 0 radical (unpaired) electrons. The Morgan fingerprint density at radius 1 is 1.48 bits per heavy atom. The summed E-state index contributed by atoms with van der Waals surface area (Å²) in [5, 5.41) is 9.35. The first-order chi connectivity index (χ1) is 12.1. The van der Waals surface area contributed by atoms with E-state index in [9.17, 15) is 9.59 Å². The van der Waals surface area contributed by atoms with E-state index in [0.29, 0.717) is 26.2 Å². The molecule has 8 heteroatoms. The third-order valence-electron chi connectivity index (χ3n) is 4.45. The number of methoxy groups -OCH3 is 1. The lowest BCUT2D eigenvalue weighted by atomic mass is 9.96. The minimum atomic E-state index is -0.260. The van der Waals surface area contributed by atoms with Crippen LogP contribution in [0.5, 0.6) is 0 Å². The number of hydrogen-bond donors (Lipinski definition) is 2. The summed E-state index contributed by atoms with van der Waals surface area (Å²) in [6.45, 7) is 2.33. The van der Waals surface area contributed by atoms with Gasteiger partial charge in [0.1, 0.15) is 5.01 Å². The smallest absolute Gasteiger partial charge is 0.223 e. The summed E-state index contributed by atoms with van der Waals surface area (Å²) in [4.78, 5) is 30.7. The van der Waals surface area contributed by atoms with Gasteiger partial charge < -0.3 is 20.3 Å². The molecule has 2 N–H and O–H groups in total. The molecular formula is C17H28N4O3S. The predicted molar refractivity (Wildman–Crippen MR) is 97.2 cm³/mol. The van der Waals surface area contributed by atoms with E-state index in [-0.39, 0.29) is 30.2 Å². The van der Waals surface area contributed by atoms with Crippen molar-refractivity contribution >= 4 is 23.2 Å². The van der Waals surface area contributed by atoms with Crippen LogP contribution in [0.1, 0.15) is 30.7 Å². The van der Waals surface area contributed by atoms with Crippen LogP contribution in [0.2, 0.25) is 0 Å². The number of carbonyl (C=O) groups is 2. The topological polar surface area (TPSA) is 83.6 Å².